The van der Waals surface area contributed by atoms with E-state index in [1.807, 2.05) is 0 Å². The second kappa shape index (κ2) is 5.57. The van der Waals surface area contributed by atoms with Crippen LogP contribution < -0.4 is 5.32 Å². The molecule has 0 aliphatic rings. The predicted molar refractivity (Wildman–Crippen MR) is 68.5 cm³/mol. The zero-order valence-corrected chi connectivity index (χ0v) is 10.4. The van der Waals surface area contributed by atoms with Crippen molar-refractivity contribution in [3.63, 3.8) is 0 Å². The van der Waals surface area contributed by atoms with E-state index in [0.29, 0.717) is 5.56 Å². The molecule has 0 radical (unpaired) electrons. The van der Waals surface area contributed by atoms with Crippen LogP contribution in [0.2, 0.25) is 0 Å². The van der Waals surface area contributed by atoms with Crippen LogP contribution in [0.1, 0.15) is 15.9 Å². The number of nitrogens with one attached hydrogen (secondary N) is 1. The van der Waals surface area contributed by atoms with Crippen LogP contribution >= 0.6 is 11.3 Å². The van der Waals surface area contributed by atoms with E-state index in [1.165, 1.54) is 17.5 Å². The second-order valence-electron chi connectivity index (χ2n) is 3.70. The average Bonchev–Trinajstić information content (AvgIpc) is 2.87. The van der Waals surface area contributed by atoms with E-state index < -0.39 is 16.6 Å². The third-order valence-electron chi connectivity index (χ3n) is 2.42. The first-order chi connectivity index (χ1) is 9.08. The summed E-state index contributed by atoms with van der Waals surface area (Å²) in [5.41, 5.74) is 0.564. The lowest BCUT2D eigenvalue weighted by Crippen LogP contribution is -2.22. The predicted octanol–water partition coefficient (Wildman–Crippen LogP) is 2.73. The number of hydrogen-bond donors (Lipinski definition) is 1. The molecule has 5 nitrogen and oxygen atoms in total. The number of carbonyl (C=O) groups excluding carboxylic acids is 1. The van der Waals surface area contributed by atoms with Gasteiger partial charge in [-0.2, -0.15) is 0 Å². The Bertz CT molecular complexity index is 627. The Morgan fingerprint density at radius 3 is 2.79 bits per heavy atom. The normalized spacial score (nSPS) is 10.2. The molecule has 19 heavy (non-hydrogen) atoms. The molecule has 0 unspecified atom stereocenters. The summed E-state index contributed by atoms with van der Waals surface area (Å²) in [4.78, 5) is 21.7. The van der Waals surface area contributed by atoms with E-state index in [9.17, 15) is 19.3 Å². The Kier molecular flexibility index (Phi) is 3.86. The highest BCUT2D eigenvalue weighted by atomic mass is 32.1. The maximum absolute atomic E-state index is 13.3. The van der Waals surface area contributed by atoms with Gasteiger partial charge in [-0.15, -0.1) is 0 Å². The van der Waals surface area contributed by atoms with Crippen molar-refractivity contribution in [1.82, 2.24) is 5.32 Å². The average molecular weight is 280 g/mol. The number of halogens is 1. The molecule has 0 spiro atoms. The van der Waals surface area contributed by atoms with Gasteiger partial charge in [-0.25, -0.2) is 4.39 Å². The van der Waals surface area contributed by atoms with Crippen LogP contribution in [0, 0.1) is 15.9 Å². The summed E-state index contributed by atoms with van der Waals surface area (Å²) < 4.78 is 13.3. The molecule has 1 amide bonds. The fourth-order valence-electron chi connectivity index (χ4n) is 1.46. The lowest BCUT2D eigenvalue weighted by Gasteiger charge is -2.04. The first-order valence-corrected chi connectivity index (χ1v) is 6.20. The summed E-state index contributed by atoms with van der Waals surface area (Å²) in [5, 5.41) is 14.3. The topological polar surface area (TPSA) is 72.2 Å². The molecule has 0 atom stereocenters. The molecule has 7 heteroatoms. The molecule has 2 aromatic rings. The number of benzene rings is 1. The largest absolute Gasteiger partial charge is 0.348 e. The van der Waals surface area contributed by atoms with E-state index in [1.54, 1.807) is 18.2 Å². The number of rotatable bonds is 4. The summed E-state index contributed by atoms with van der Waals surface area (Å²) >= 11 is 0.877. The Labute approximate surface area is 111 Å². The summed E-state index contributed by atoms with van der Waals surface area (Å²) in [6, 6.07) is 7.28. The van der Waals surface area contributed by atoms with Crippen molar-refractivity contribution in [3.8, 4) is 0 Å². The maximum Gasteiger partial charge on any atom is 0.324 e. The molecule has 1 N–H and O–H groups in total. The molecular weight excluding hydrogens is 271 g/mol. The van der Waals surface area contributed by atoms with Gasteiger partial charge in [0.15, 0.2) is 0 Å². The van der Waals surface area contributed by atoms with E-state index in [2.05, 4.69) is 5.32 Å². The highest BCUT2D eigenvalue weighted by molar-refractivity contribution is 7.13. The molecular formula is C12H9FN2O3S. The van der Waals surface area contributed by atoms with Gasteiger partial charge in [-0.1, -0.05) is 29.5 Å². The molecule has 1 aromatic heterocycles. The van der Waals surface area contributed by atoms with Gasteiger partial charge in [0.2, 0.25) is 0 Å². The first-order valence-electron chi connectivity index (χ1n) is 5.32. The van der Waals surface area contributed by atoms with Crippen molar-refractivity contribution in [2.75, 3.05) is 0 Å². The third kappa shape index (κ3) is 3.14. The van der Waals surface area contributed by atoms with Crippen molar-refractivity contribution in [2.24, 2.45) is 0 Å². The Morgan fingerprint density at radius 2 is 2.16 bits per heavy atom. The van der Waals surface area contributed by atoms with Gasteiger partial charge in [0.05, 0.1) is 10.5 Å². The lowest BCUT2D eigenvalue weighted by molar-refractivity contribution is -0.380. The van der Waals surface area contributed by atoms with Gasteiger partial charge >= 0.3 is 5.00 Å². The van der Waals surface area contributed by atoms with Gasteiger partial charge in [-0.05, 0) is 6.07 Å². The Hall–Kier alpha value is -2.28. The molecule has 1 aromatic carbocycles. The van der Waals surface area contributed by atoms with Crippen LogP contribution in [0.4, 0.5) is 9.39 Å². The fraction of sp³-hybridized carbons (Fsp3) is 0.0833. The number of thiophene rings is 1. The van der Waals surface area contributed by atoms with E-state index in [4.69, 9.17) is 0 Å². The molecule has 0 saturated heterocycles. The summed E-state index contributed by atoms with van der Waals surface area (Å²) in [5.74, 6) is -0.869. The fourth-order valence-corrected chi connectivity index (χ4v) is 2.16. The van der Waals surface area contributed by atoms with Crippen LogP contribution in [-0.2, 0) is 6.54 Å². The van der Waals surface area contributed by atoms with Crippen molar-refractivity contribution in [3.05, 3.63) is 62.8 Å². The van der Waals surface area contributed by atoms with Crippen molar-refractivity contribution in [2.45, 2.75) is 6.54 Å². The summed E-state index contributed by atoms with van der Waals surface area (Å²) in [6.45, 7) is 0.0369. The minimum atomic E-state index is -0.557. The van der Waals surface area contributed by atoms with Crippen LogP contribution in [0.15, 0.2) is 35.7 Å². The summed E-state index contributed by atoms with van der Waals surface area (Å²) in [6.07, 6.45) is 0. The first kappa shape index (κ1) is 13.2. The second-order valence-corrected chi connectivity index (χ2v) is 4.59. The van der Waals surface area contributed by atoms with Crippen LogP contribution in [0.5, 0.6) is 0 Å². The van der Waals surface area contributed by atoms with Gasteiger partial charge in [0, 0.05) is 23.6 Å². The van der Waals surface area contributed by atoms with Crippen LogP contribution in [-0.4, -0.2) is 10.8 Å². The molecule has 2 rings (SSSR count). The molecule has 0 aliphatic carbocycles. The lowest BCUT2D eigenvalue weighted by atomic mass is 10.2. The number of amides is 1. The number of nitro groups is 1. The van der Waals surface area contributed by atoms with E-state index >= 15 is 0 Å². The van der Waals surface area contributed by atoms with Crippen LogP contribution in [0.25, 0.3) is 0 Å². The standard InChI is InChI=1S/C12H9FN2O3S/c13-10-4-2-1-3-8(10)6-14-12(16)9-5-11(15(17)18)19-7-9/h1-5,7H,6H2,(H,14,16). The Morgan fingerprint density at radius 1 is 1.42 bits per heavy atom. The van der Waals surface area contributed by atoms with E-state index in [0.717, 1.165) is 11.3 Å². The molecule has 0 bridgehead atoms. The smallest absolute Gasteiger partial charge is 0.324 e. The maximum atomic E-state index is 13.3. The minimum absolute atomic E-state index is 0.0369. The highest BCUT2D eigenvalue weighted by Gasteiger charge is 2.14. The monoisotopic (exact) mass is 280 g/mol. The number of hydrogen-bond acceptors (Lipinski definition) is 4. The third-order valence-corrected chi connectivity index (χ3v) is 3.31. The van der Waals surface area contributed by atoms with Crippen molar-refractivity contribution >= 4 is 22.2 Å². The zero-order chi connectivity index (χ0) is 13.8. The van der Waals surface area contributed by atoms with Gasteiger partial charge < -0.3 is 5.32 Å². The molecule has 0 saturated carbocycles. The Balaban J connectivity index is 2.01. The molecule has 1 heterocycles. The molecule has 98 valence electrons. The molecule has 0 aliphatic heterocycles. The number of nitrogens with zero attached hydrogens (tertiary/aromatic N) is 1. The highest BCUT2D eigenvalue weighted by Crippen LogP contribution is 2.22. The SMILES string of the molecule is O=C(NCc1ccccc1F)c1csc([N+](=O)[O-])c1. The molecule has 0 fully saturated rings. The quantitative estimate of drug-likeness (QED) is 0.691. The van der Waals surface area contributed by atoms with Crippen LogP contribution in [0.3, 0.4) is 0 Å². The van der Waals surface area contributed by atoms with Crippen molar-refractivity contribution in [1.29, 1.82) is 0 Å². The van der Waals surface area contributed by atoms with Gasteiger partial charge in [0.25, 0.3) is 5.91 Å². The van der Waals surface area contributed by atoms with Gasteiger partial charge in [-0.3, -0.25) is 14.9 Å². The number of carbonyl (C=O) groups is 1. The van der Waals surface area contributed by atoms with E-state index in [-0.39, 0.29) is 17.1 Å². The minimum Gasteiger partial charge on any atom is -0.348 e. The van der Waals surface area contributed by atoms with Gasteiger partial charge in [0.1, 0.15) is 5.82 Å². The zero-order valence-electron chi connectivity index (χ0n) is 9.63. The summed E-state index contributed by atoms with van der Waals surface area (Å²) in [7, 11) is 0. The van der Waals surface area contributed by atoms with Crippen molar-refractivity contribution < 1.29 is 14.1 Å².